The summed E-state index contributed by atoms with van der Waals surface area (Å²) in [7, 11) is 0. The molecule has 0 spiro atoms. The van der Waals surface area contributed by atoms with Gasteiger partial charge in [-0.15, -0.1) is 101 Å². The zero-order valence-corrected chi connectivity index (χ0v) is 49.9. The predicted molar refractivity (Wildman–Crippen MR) is 290 cm³/mol. The van der Waals surface area contributed by atoms with E-state index in [2.05, 4.69) is 74.5 Å². The SMILES string of the molecule is CC(O)=CC(C)O.CC(O)=CC(C)O.CC(O)=CC(C)O.Cc1cnc2c3[c-]cccc3c3ccccc3c2n1.[Ir].[Ir].[Ir].[c-]1ccccc1-c1nc2ccccc2s1.[c-]1ccccc1-c1nc2ccccc2s1. The van der Waals surface area contributed by atoms with Crippen LogP contribution in [0.1, 0.15) is 47.2 Å². The molecule has 0 fully saturated rings. The Labute approximate surface area is 475 Å². The van der Waals surface area contributed by atoms with Crippen LogP contribution in [0.4, 0.5) is 0 Å². The van der Waals surface area contributed by atoms with Crippen LogP contribution in [0.2, 0.25) is 0 Å². The van der Waals surface area contributed by atoms with E-state index in [0.717, 1.165) is 59.7 Å². The number of aliphatic hydroxyl groups is 6. The molecule has 3 atom stereocenters. The zero-order chi connectivity index (χ0) is 50.6. The quantitative estimate of drug-likeness (QED) is 0.0553. The summed E-state index contributed by atoms with van der Waals surface area (Å²) in [5.41, 5.74) is 7.10. The molecule has 10 rings (SSSR count). The molecule has 10 aromatic rings. The first kappa shape index (κ1) is 63.7. The summed E-state index contributed by atoms with van der Waals surface area (Å²) in [5.74, 6) is 0.486. The summed E-state index contributed by atoms with van der Waals surface area (Å²) >= 11 is 3.42. The molecule has 3 radical (unpaired) electrons. The molecule has 0 saturated heterocycles. The number of aryl methyl sites for hydroxylation is 1. The molecule has 10 nitrogen and oxygen atoms in total. The zero-order valence-electron chi connectivity index (χ0n) is 41.1. The molecule has 6 N–H and O–H groups in total. The number of benzene rings is 7. The van der Waals surface area contributed by atoms with Crippen molar-refractivity contribution in [2.45, 2.75) is 66.8 Å². The number of nitrogens with zero attached hydrogens (tertiary/aromatic N) is 4. The molecule has 0 aliphatic heterocycles. The molecule has 0 amide bonds. The fourth-order valence-corrected chi connectivity index (χ4v) is 8.61. The van der Waals surface area contributed by atoms with E-state index in [4.69, 9.17) is 30.6 Å². The third-order valence-corrected chi connectivity index (χ3v) is 11.5. The van der Waals surface area contributed by atoms with Gasteiger partial charge in [-0.1, -0.05) is 59.3 Å². The second kappa shape index (κ2) is 32.7. The van der Waals surface area contributed by atoms with E-state index in [1.807, 2.05) is 116 Å². The molecule has 3 heterocycles. The molecular weight excluding hydrogens is 1490 g/mol. The fraction of sp³-hybridized carbons (Fsp3) is 0.172. The number of aliphatic hydroxyl groups excluding tert-OH is 6. The maximum absolute atomic E-state index is 8.49. The summed E-state index contributed by atoms with van der Waals surface area (Å²) in [6.45, 7) is 11.3. The number of rotatable bonds is 5. The number of para-hydroxylation sites is 2. The maximum Gasteiger partial charge on any atom is 0.0877 e. The standard InChI is InChI=1S/C17H11N2.2C13H8NS.3C5H10O2.3Ir/c1-11-10-18-16-14-8-4-2-6-12(14)13-7-3-5-9-15(13)17(16)19-11;2*1-2-6-10(7-3-1)13-14-11-8-4-5-9-12(11)15-13;3*1-4(6)3-5(2)7;;;/h2-7,9-10H,1H3;2*1-6,8-9H;3*3-4,6-7H,1-2H3;;;/q3*-1;;;;;;. The Kier molecular flexibility index (Phi) is 28.6. The van der Waals surface area contributed by atoms with Gasteiger partial charge in [-0.25, -0.2) is 0 Å². The van der Waals surface area contributed by atoms with Gasteiger partial charge in [0.2, 0.25) is 0 Å². The van der Waals surface area contributed by atoms with E-state index in [-0.39, 0.29) is 77.6 Å². The van der Waals surface area contributed by atoms with E-state index in [9.17, 15) is 0 Å². The van der Waals surface area contributed by atoms with E-state index in [1.165, 1.54) is 59.2 Å². The third kappa shape index (κ3) is 20.8. The Morgan fingerprint density at radius 1 is 0.479 bits per heavy atom. The Morgan fingerprint density at radius 3 is 1.27 bits per heavy atom. The molecule has 15 heteroatoms. The molecule has 0 aliphatic rings. The van der Waals surface area contributed by atoms with Crippen LogP contribution in [-0.2, 0) is 60.3 Å². The van der Waals surface area contributed by atoms with Gasteiger partial charge in [-0.2, -0.15) is 22.7 Å². The van der Waals surface area contributed by atoms with Gasteiger partial charge in [0.25, 0.3) is 0 Å². The topological polar surface area (TPSA) is 173 Å². The minimum atomic E-state index is -0.537. The Balaban J connectivity index is 0.000000312. The molecule has 3 unspecified atom stereocenters. The van der Waals surface area contributed by atoms with Crippen molar-refractivity contribution in [3.63, 3.8) is 0 Å². The fourth-order valence-electron chi connectivity index (χ4n) is 6.70. The molecule has 387 valence electrons. The van der Waals surface area contributed by atoms with Crippen LogP contribution >= 0.6 is 22.7 Å². The average molecular weight is 1550 g/mol. The van der Waals surface area contributed by atoms with Crippen LogP contribution in [0.5, 0.6) is 0 Å². The summed E-state index contributed by atoms with van der Waals surface area (Å²) in [4.78, 5) is 18.4. The van der Waals surface area contributed by atoms with E-state index >= 15 is 0 Å². The van der Waals surface area contributed by atoms with E-state index in [1.54, 1.807) is 43.4 Å². The molecule has 0 bridgehead atoms. The van der Waals surface area contributed by atoms with Crippen LogP contribution in [0.25, 0.3) is 74.2 Å². The molecular formula is C58H57Ir3N4O6S2-3. The summed E-state index contributed by atoms with van der Waals surface area (Å²) in [6.07, 6.45) is 4.29. The van der Waals surface area contributed by atoms with Crippen LogP contribution < -0.4 is 0 Å². The minimum Gasteiger partial charge on any atom is -0.513 e. The van der Waals surface area contributed by atoms with Gasteiger partial charge < -0.3 is 35.6 Å². The van der Waals surface area contributed by atoms with Gasteiger partial charge in [0.05, 0.1) is 57.8 Å². The second-order valence-electron chi connectivity index (χ2n) is 15.9. The number of fused-ring (bicyclic) bond motifs is 8. The molecule has 0 aliphatic carbocycles. The van der Waals surface area contributed by atoms with Crippen LogP contribution in [0.3, 0.4) is 0 Å². The Bertz CT molecular complexity index is 3030. The molecule has 3 aromatic heterocycles. The van der Waals surface area contributed by atoms with Crippen LogP contribution in [0.15, 0.2) is 181 Å². The monoisotopic (exact) mass is 1550 g/mol. The van der Waals surface area contributed by atoms with Crippen molar-refractivity contribution in [1.29, 1.82) is 0 Å². The van der Waals surface area contributed by atoms with Crippen molar-refractivity contribution < 1.29 is 91.0 Å². The minimum absolute atomic E-state index is 0. The molecule has 7 aromatic carbocycles. The van der Waals surface area contributed by atoms with Crippen LogP contribution in [-0.4, -0.2) is 68.9 Å². The van der Waals surface area contributed by atoms with Crippen molar-refractivity contribution >= 4 is 75.7 Å². The van der Waals surface area contributed by atoms with Crippen LogP contribution in [0, 0.1) is 25.1 Å². The van der Waals surface area contributed by atoms with Crippen molar-refractivity contribution in [3.8, 4) is 21.1 Å². The Morgan fingerprint density at radius 2 is 0.877 bits per heavy atom. The van der Waals surface area contributed by atoms with Gasteiger partial charge in [-0.05, 0) is 96.3 Å². The van der Waals surface area contributed by atoms with Crippen molar-refractivity contribution in [3.05, 3.63) is 205 Å². The van der Waals surface area contributed by atoms with Gasteiger partial charge in [0.15, 0.2) is 0 Å². The van der Waals surface area contributed by atoms with Crippen molar-refractivity contribution in [2.75, 3.05) is 0 Å². The normalized spacial score (nSPS) is 12.2. The number of thiazole rings is 2. The van der Waals surface area contributed by atoms with Gasteiger partial charge in [0.1, 0.15) is 0 Å². The summed E-state index contributed by atoms with van der Waals surface area (Å²) in [5, 5.41) is 57.4. The third-order valence-electron chi connectivity index (χ3n) is 9.37. The molecule has 73 heavy (non-hydrogen) atoms. The first-order valence-corrected chi connectivity index (χ1v) is 24.0. The average Bonchev–Trinajstić information content (AvgIpc) is 3.98. The molecule has 0 saturated carbocycles. The summed E-state index contributed by atoms with van der Waals surface area (Å²) in [6, 6.07) is 56.4. The van der Waals surface area contributed by atoms with Gasteiger partial charge in [-0.3, -0.25) is 15.0 Å². The number of allylic oxidation sites excluding steroid dienone is 3. The predicted octanol–water partition coefficient (Wildman–Crippen LogP) is 14.1. The smallest absolute Gasteiger partial charge is 0.0877 e. The maximum atomic E-state index is 8.49. The largest absolute Gasteiger partial charge is 0.513 e. The summed E-state index contributed by atoms with van der Waals surface area (Å²) < 4.78 is 2.45. The number of hydrogen-bond acceptors (Lipinski definition) is 12. The van der Waals surface area contributed by atoms with Gasteiger partial charge >= 0.3 is 0 Å². The first-order chi connectivity index (χ1) is 33.6. The Hall–Kier alpha value is -5.37. The van der Waals surface area contributed by atoms with Gasteiger partial charge in [0, 0.05) is 91.4 Å². The second-order valence-corrected chi connectivity index (χ2v) is 17.9. The van der Waals surface area contributed by atoms with E-state index in [0.29, 0.717) is 0 Å². The van der Waals surface area contributed by atoms with E-state index < -0.39 is 18.3 Å². The van der Waals surface area contributed by atoms with Crippen molar-refractivity contribution in [2.24, 2.45) is 0 Å². The number of hydrogen-bond donors (Lipinski definition) is 6. The number of aromatic nitrogens is 4. The first-order valence-electron chi connectivity index (χ1n) is 22.4. The van der Waals surface area contributed by atoms with Crippen molar-refractivity contribution in [1.82, 2.24) is 19.9 Å².